The van der Waals surface area contributed by atoms with Gasteiger partial charge in [0.25, 0.3) is 5.91 Å². The molecular weight excluding hydrogens is 258 g/mol. The highest BCUT2D eigenvalue weighted by Gasteiger charge is 2.30. The van der Waals surface area contributed by atoms with Crippen molar-refractivity contribution < 1.29 is 19.4 Å². The molecule has 1 aliphatic rings. The number of carbonyl (C=O) groups excluding carboxylic acids is 1. The summed E-state index contributed by atoms with van der Waals surface area (Å²) in [5, 5.41) is 10.1. The lowest BCUT2D eigenvalue weighted by Gasteiger charge is -2.36. The number of phenols is 1. The molecule has 5 nitrogen and oxygen atoms in total. The molecule has 1 heterocycles. The molecule has 2 unspecified atom stereocenters. The number of hydrogen-bond acceptors (Lipinski definition) is 4. The molecule has 20 heavy (non-hydrogen) atoms. The summed E-state index contributed by atoms with van der Waals surface area (Å²) >= 11 is 0. The Morgan fingerprint density at radius 1 is 1.40 bits per heavy atom. The van der Waals surface area contributed by atoms with Crippen LogP contribution in [0.25, 0.3) is 0 Å². The number of hydrogen-bond donors (Lipinski definition) is 1. The third-order valence-electron chi connectivity index (χ3n) is 3.93. The van der Waals surface area contributed by atoms with E-state index in [9.17, 15) is 9.90 Å². The maximum atomic E-state index is 12.5. The van der Waals surface area contributed by atoms with Crippen molar-refractivity contribution in [3.63, 3.8) is 0 Å². The largest absolute Gasteiger partial charge is 0.504 e. The van der Waals surface area contributed by atoms with E-state index in [1.165, 1.54) is 7.11 Å². The number of phenolic OH excluding ortho intramolecular Hbond substituents is 1. The summed E-state index contributed by atoms with van der Waals surface area (Å²) in [7, 11) is 3.13. The molecule has 0 saturated carbocycles. The third kappa shape index (κ3) is 2.72. The van der Waals surface area contributed by atoms with Crippen molar-refractivity contribution in [2.75, 3.05) is 27.3 Å². The first-order chi connectivity index (χ1) is 9.58. The molecule has 1 aliphatic heterocycles. The molecule has 1 aromatic carbocycles. The van der Waals surface area contributed by atoms with Crippen LogP contribution in [0.5, 0.6) is 11.5 Å². The van der Waals surface area contributed by atoms with Crippen LogP contribution in [0.1, 0.15) is 23.7 Å². The minimum atomic E-state index is -0.185. The number of aromatic hydroxyl groups is 1. The fraction of sp³-hybridized carbons (Fsp3) is 0.533. The maximum Gasteiger partial charge on any atom is 0.257 e. The van der Waals surface area contributed by atoms with Gasteiger partial charge in [-0.1, -0.05) is 13.0 Å². The van der Waals surface area contributed by atoms with Gasteiger partial charge in [-0.15, -0.1) is 0 Å². The van der Waals surface area contributed by atoms with Gasteiger partial charge in [0, 0.05) is 20.2 Å². The van der Waals surface area contributed by atoms with E-state index in [1.807, 2.05) is 0 Å². The van der Waals surface area contributed by atoms with E-state index in [0.717, 1.165) is 6.42 Å². The predicted octanol–water partition coefficient (Wildman–Crippen LogP) is 1.90. The van der Waals surface area contributed by atoms with E-state index in [0.29, 0.717) is 24.8 Å². The first-order valence-corrected chi connectivity index (χ1v) is 6.76. The smallest absolute Gasteiger partial charge is 0.257 e. The lowest BCUT2D eigenvalue weighted by molar-refractivity contribution is -0.00167. The van der Waals surface area contributed by atoms with Crippen LogP contribution in [0, 0.1) is 5.92 Å². The van der Waals surface area contributed by atoms with Gasteiger partial charge >= 0.3 is 0 Å². The molecule has 1 aromatic rings. The monoisotopic (exact) mass is 279 g/mol. The van der Waals surface area contributed by atoms with Crippen molar-refractivity contribution in [3.05, 3.63) is 23.8 Å². The summed E-state index contributed by atoms with van der Waals surface area (Å²) in [5.74, 6) is 0.454. The lowest BCUT2D eigenvalue weighted by atomic mass is 9.95. The molecule has 1 N–H and O–H groups in total. The SMILES string of the molecule is COc1cccc(C(=O)N2CCC(C)C(OC)C2)c1O. The lowest BCUT2D eigenvalue weighted by Crippen LogP contribution is -2.46. The Labute approximate surface area is 119 Å². The molecule has 1 saturated heterocycles. The molecule has 2 atom stereocenters. The standard InChI is InChI=1S/C15H21NO4/c1-10-7-8-16(9-13(10)20-3)15(18)11-5-4-6-12(19-2)14(11)17/h4-6,10,13,17H,7-9H2,1-3H3. The summed E-state index contributed by atoms with van der Waals surface area (Å²) in [6.45, 7) is 3.35. The molecule has 0 radical (unpaired) electrons. The van der Waals surface area contributed by atoms with Crippen LogP contribution in [0.15, 0.2) is 18.2 Å². The van der Waals surface area contributed by atoms with Crippen LogP contribution in [0.3, 0.4) is 0 Å². The normalized spacial score (nSPS) is 22.6. The van der Waals surface area contributed by atoms with Gasteiger partial charge in [-0.3, -0.25) is 4.79 Å². The Balaban J connectivity index is 2.19. The van der Waals surface area contributed by atoms with Crippen molar-refractivity contribution in [2.24, 2.45) is 5.92 Å². The van der Waals surface area contributed by atoms with Crippen LogP contribution < -0.4 is 4.74 Å². The number of ether oxygens (including phenoxy) is 2. The van der Waals surface area contributed by atoms with E-state index in [-0.39, 0.29) is 23.3 Å². The number of nitrogens with zero attached hydrogens (tertiary/aromatic N) is 1. The zero-order valence-electron chi connectivity index (χ0n) is 12.1. The Morgan fingerprint density at radius 3 is 2.80 bits per heavy atom. The Bertz CT molecular complexity index is 489. The van der Waals surface area contributed by atoms with Crippen LogP contribution in [-0.2, 0) is 4.74 Å². The van der Waals surface area contributed by atoms with Gasteiger partial charge in [0.05, 0.1) is 18.8 Å². The maximum absolute atomic E-state index is 12.5. The van der Waals surface area contributed by atoms with Gasteiger partial charge in [-0.2, -0.15) is 0 Å². The molecule has 110 valence electrons. The summed E-state index contributed by atoms with van der Waals surface area (Å²) in [4.78, 5) is 14.2. The zero-order valence-corrected chi connectivity index (χ0v) is 12.1. The second-order valence-corrected chi connectivity index (χ2v) is 5.15. The van der Waals surface area contributed by atoms with Gasteiger partial charge in [0.1, 0.15) is 0 Å². The zero-order chi connectivity index (χ0) is 14.7. The molecule has 5 heteroatoms. The first-order valence-electron chi connectivity index (χ1n) is 6.76. The van der Waals surface area contributed by atoms with Crippen LogP contribution in [-0.4, -0.2) is 49.3 Å². The van der Waals surface area contributed by atoms with Crippen molar-refractivity contribution >= 4 is 5.91 Å². The Hall–Kier alpha value is -1.75. The Kier molecular flexibility index (Phi) is 4.49. The molecule has 1 amide bonds. The van der Waals surface area contributed by atoms with Crippen molar-refractivity contribution in [2.45, 2.75) is 19.4 Å². The second-order valence-electron chi connectivity index (χ2n) is 5.15. The van der Waals surface area contributed by atoms with Gasteiger partial charge in [-0.05, 0) is 24.5 Å². The fourth-order valence-electron chi connectivity index (χ4n) is 2.56. The second kappa shape index (κ2) is 6.13. The van der Waals surface area contributed by atoms with E-state index in [4.69, 9.17) is 9.47 Å². The highest BCUT2D eigenvalue weighted by atomic mass is 16.5. The van der Waals surface area contributed by atoms with Crippen molar-refractivity contribution in [3.8, 4) is 11.5 Å². The molecule has 0 aromatic heterocycles. The summed E-state index contributed by atoms with van der Waals surface area (Å²) in [6, 6.07) is 4.94. The highest BCUT2D eigenvalue weighted by Crippen LogP contribution is 2.31. The van der Waals surface area contributed by atoms with E-state index in [1.54, 1.807) is 30.2 Å². The predicted molar refractivity (Wildman–Crippen MR) is 75.1 cm³/mol. The molecule has 1 fully saturated rings. The van der Waals surface area contributed by atoms with Crippen LogP contribution in [0.2, 0.25) is 0 Å². The number of piperidine rings is 1. The number of para-hydroxylation sites is 1. The summed E-state index contributed by atoms with van der Waals surface area (Å²) < 4.78 is 10.5. The number of carbonyl (C=O) groups is 1. The number of rotatable bonds is 3. The number of likely N-dealkylation sites (tertiary alicyclic amines) is 1. The van der Waals surface area contributed by atoms with E-state index in [2.05, 4.69) is 6.92 Å². The van der Waals surface area contributed by atoms with Crippen LogP contribution >= 0.6 is 0 Å². The van der Waals surface area contributed by atoms with Gasteiger partial charge in [-0.25, -0.2) is 0 Å². The minimum Gasteiger partial charge on any atom is -0.504 e. The molecule has 0 spiro atoms. The minimum absolute atomic E-state index is 0.0421. The molecular formula is C15H21NO4. The van der Waals surface area contributed by atoms with E-state index >= 15 is 0 Å². The highest BCUT2D eigenvalue weighted by molar-refractivity contribution is 5.97. The van der Waals surface area contributed by atoms with Gasteiger partial charge < -0.3 is 19.5 Å². The average molecular weight is 279 g/mol. The molecule has 2 rings (SSSR count). The third-order valence-corrected chi connectivity index (χ3v) is 3.93. The molecule has 0 aliphatic carbocycles. The Morgan fingerprint density at radius 2 is 2.15 bits per heavy atom. The average Bonchev–Trinajstić information content (AvgIpc) is 2.47. The van der Waals surface area contributed by atoms with Gasteiger partial charge in [0.15, 0.2) is 11.5 Å². The van der Waals surface area contributed by atoms with Crippen molar-refractivity contribution in [1.29, 1.82) is 0 Å². The number of benzene rings is 1. The summed E-state index contributed by atoms with van der Waals surface area (Å²) in [5.41, 5.74) is 0.272. The number of amides is 1. The quantitative estimate of drug-likeness (QED) is 0.918. The van der Waals surface area contributed by atoms with E-state index < -0.39 is 0 Å². The van der Waals surface area contributed by atoms with Crippen LogP contribution in [0.4, 0.5) is 0 Å². The van der Waals surface area contributed by atoms with Crippen molar-refractivity contribution in [1.82, 2.24) is 4.90 Å². The van der Waals surface area contributed by atoms with Gasteiger partial charge in [0.2, 0.25) is 0 Å². The first kappa shape index (κ1) is 14.7. The fourth-order valence-corrected chi connectivity index (χ4v) is 2.56. The number of methoxy groups -OCH3 is 2. The summed E-state index contributed by atoms with van der Waals surface area (Å²) in [6.07, 6.45) is 0.940. The molecule has 0 bridgehead atoms. The topological polar surface area (TPSA) is 59.0 Å².